The van der Waals surface area contributed by atoms with Crippen LogP contribution in [0.1, 0.15) is 26.2 Å². The third kappa shape index (κ3) is 3.49. The molecule has 0 amide bonds. The first kappa shape index (κ1) is 13.4. The Morgan fingerprint density at radius 1 is 1.50 bits per heavy atom. The average molecular weight is 267 g/mol. The van der Waals surface area contributed by atoms with Gasteiger partial charge in [0.2, 0.25) is 0 Å². The van der Waals surface area contributed by atoms with E-state index in [1.165, 1.54) is 24.6 Å². The Kier molecular flexibility index (Phi) is 4.66. The van der Waals surface area contributed by atoms with Crippen LogP contribution in [0.2, 0.25) is 0 Å². The molecule has 1 aliphatic carbocycles. The van der Waals surface area contributed by atoms with Crippen molar-refractivity contribution in [1.29, 1.82) is 0 Å². The SMILES string of the molecule is CCCN(CC1CC1)c1cc(NN)nc(SC)n1. The molecular formula is C12H21N5S. The van der Waals surface area contributed by atoms with Crippen LogP contribution < -0.4 is 16.2 Å². The largest absolute Gasteiger partial charge is 0.356 e. The number of aromatic nitrogens is 2. The van der Waals surface area contributed by atoms with E-state index in [-0.39, 0.29) is 0 Å². The van der Waals surface area contributed by atoms with Crippen molar-refractivity contribution in [2.24, 2.45) is 11.8 Å². The summed E-state index contributed by atoms with van der Waals surface area (Å²) in [6, 6.07) is 1.93. The number of rotatable bonds is 7. The van der Waals surface area contributed by atoms with E-state index in [9.17, 15) is 0 Å². The van der Waals surface area contributed by atoms with E-state index in [2.05, 4.69) is 27.2 Å². The van der Waals surface area contributed by atoms with Crippen molar-refractivity contribution < 1.29 is 0 Å². The maximum absolute atomic E-state index is 5.46. The Morgan fingerprint density at radius 2 is 2.28 bits per heavy atom. The number of nitrogen functional groups attached to an aromatic ring is 1. The lowest BCUT2D eigenvalue weighted by Gasteiger charge is -2.23. The van der Waals surface area contributed by atoms with E-state index in [1.807, 2.05) is 12.3 Å². The van der Waals surface area contributed by atoms with Gasteiger partial charge in [-0.15, -0.1) is 0 Å². The van der Waals surface area contributed by atoms with Crippen LogP contribution in [0.3, 0.4) is 0 Å². The number of nitrogens with two attached hydrogens (primary N) is 1. The highest BCUT2D eigenvalue weighted by molar-refractivity contribution is 7.98. The quantitative estimate of drug-likeness (QED) is 0.341. The fourth-order valence-electron chi connectivity index (χ4n) is 1.92. The average Bonchev–Trinajstić information content (AvgIpc) is 3.21. The highest BCUT2D eigenvalue weighted by atomic mass is 32.2. The molecule has 0 aromatic carbocycles. The summed E-state index contributed by atoms with van der Waals surface area (Å²) in [5.74, 6) is 7.97. The summed E-state index contributed by atoms with van der Waals surface area (Å²) in [6.07, 6.45) is 5.80. The molecule has 1 fully saturated rings. The van der Waals surface area contributed by atoms with Crippen molar-refractivity contribution >= 4 is 23.4 Å². The maximum Gasteiger partial charge on any atom is 0.191 e. The molecule has 3 N–H and O–H groups in total. The first-order chi connectivity index (χ1) is 8.76. The number of anilines is 2. The molecule has 1 aromatic heterocycles. The van der Waals surface area contributed by atoms with E-state index < -0.39 is 0 Å². The molecule has 0 atom stereocenters. The van der Waals surface area contributed by atoms with Crippen LogP contribution >= 0.6 is 11.8 Å². The molecule has 1 heterocycles. The van der Waals surface area contributed by atoms with Gasteiger partial charge in [-0.3, -0.25) is 0 Å². The van der Waals surface area contributed by atoms with E-state index in [0.717, 1.165) is 36.4 Å². The number of hydrogen-bond acceptors (Lipinski definition) is 6. The second-order valence-electron chi connectivity index (χ2n) is 4.63. The Morgan fingerprint density at radius 3 is 2.83 bits per heavy atom. The summed E-state index contributed by atoms with van der Waals surface area (Å²) in [5, 5.41) is 0.761. The standard InChI is InChI=1S/C12H21N5S/c1-3-6-17(8-9-4-5-9)11-7-10(16-13)14-12(15-11)18-2/h7,9H,3-6,8,13H2,1-2H3,(H,14,15,16). The highest BCUT2D eigenvalue weighted by Gasteiger charge is 2.25. The van der Waals surface area contributed by atoms with Gasteiger partial charge in [0.1, 0.15) is 11.6 Å². The Bertz CT molecular complexity index is 372. The smallest absolute Gasteiger partial charge is 0.191 e. The predicted molar refractivity (Wildman–Crippen MR) is 76.9 cm³/mol. The van der Waals surface area contributed by atoms with Gasteiger partial charge in [0.05, 0.1) is 0 Å². The Hall–Kier alpha value is -1.01. The van der Waals surface area contributed by atoms with Crippen LogP contribution in [0.25, 0.3) is 0 Å². The minimum atomic E-state index is 0.682. The number of nitrogens with zero attached hydrogens (tertiary/aromatic N) is 3. The lowest BCUT2D eigenvalue weighted by molar-refractivity contribution is 0.692. The van der Waals surface area contributed by atoms with Gasteiger partial charge in [-0.1, -0.05) is 18.7 Å². The van der Waals surface area contributed by atoms with Crippen molar-refractivity contribution in [3.8, 4) is 0 Å². The molecule has 1 aromatic rings. The fraction of sp³-hybridized carbons (Fsp3) is 0.667. The van der Waals surface area contributed by atoms with Gasteiger partial charge < -0.3 is 10.3 Å². The molecule has 18 heavy (non-hydrogen) atoms. The van der Waals surface area contributed by atoms with E-state index in [1.54, 1.807) is 0 Å². The van der Waals surface area contributed by atoms with Crippen molar-refractivity contribution in [3.63, 3.8) is 0 Å². The topological polar surface area (TPSA) is 67.1 Å². The first-order valence-corrected chi connectivity index (χ1v) is 7.64. The molecule has 5 nitrogen and oxygen atoms in total. The van der Waals surface area contributed by atoms with E-state index in [0.29, 0.717) is 5.82 Å². The monoisotopic (exact) mass is 267 g/mol. The molecule has 0 saturated heterocycles. The third-order valence-electron chi connectivity index (χ3n) is 3.02. The molecule has 0 aliphatic heterocycles. The summed E-state index contributed by atoms with van der Waals surface area (Å²) < 4.78 is 0. The molecule has 100 valence electrons. The molecule has 0 bridgehead atoms. The number of nitrogens with one attached hydrogen (secondary N) is 1. The number of hydrogen-bond donors (Lipinski definition) is 2. The molecule has 2 rings (SSSR count). The second-order valence-corrected chi connectivity index (χ2v) is 5.41. The predicted octanol–water partition coefficient (Wildman–Crippen LogP) is 2.11. The maximum atomic E-state index is 5.46. The molecule has 0 unspecified atom stereocenters. The van der Waals surface area contributed by atoms with Crippen molar-refractivity contribution in [2.45, 2.75) is 31.3 Å². The van der Waals surface area contributed by atoms with E-state index in [4.69, 9.17) is 5.84 Å². The zero-order valence-electron chi connectivity index (χ0n) is 11.0. The third-order valence-corrected chi connectivity index (χ3v) is 3.56. The number of thioether (sulfide) groups is 1. The van der Waals surface area contributed by atoms with Gasteiger partial charge in [-0.25, -0.2) is 15.8 Å². The van der Waals surface area contributed by atoms with Crippen LogP contribution in [0.5, 0.6) is 0 Å². The summed E-state index contributed by atoms with van der Waals surface area (Å²) in [7, 11) is 0. The molecule has 1 saturated carbocycles. The first-order valence-electron chi connectivity index (χ1n) is 6.41. The highest BCUT2D eigenvalue weighted by Crippen LogP contribution is 2.31. The molecule has 0 spiro atoms. The Labute approximate surface area is 113 Å². The van der Waals surface area contributed by atoms with Crippen LogP contribution in [0, 0.1) is 5.92 Å². The molecule has 0 radical (unpaired) electrons. The van der Waals surface area contributed by atoms with E-state index >= 15 is 0 Å². The minimum Gasteiger partial charge on any atom is -0.356 e. The molecular weight excluding hydrogens is 246 g/mol. The van der Waals surface area contributed by atoms with Crippen molar-refractivity contribution in [3.05, 3.63) is 6.07 Å². The second kappa shape index (κ2) is 6.24. The molecule has 1 aliphatic rings. The zero-order valence-corrected chi connectivity index (χ0v) is 11.8. The summed E-state index contributed by atoms with van der Waals surface area (Å²) in [5.41, 5.74) is 2.62. The summed E-state index contributed by atoms with van der Waals surface area (Å²) in [4.78, 5) is 11.2. The lowest BCUT2D eigenvalue weighted by atomic mass is 10.3. The lowest BCUT2D eigenvalue weighted by Crippen LogP contribution is -2.28. The van der Waals surface area contributed by atoms with Crippen molar-refractivity contribution in [1.82, 2.24) is 9.97 Å². The van der Waals surface area contributed by atoms with Crippen LogP contribution in [-0.2, 0) is 0 Å². The van der Waals surface area contributed by atoms with Gasteiger partial charge in [0, 0.05) is 19.2 Å². The Balaban J connectivity index is 2.20. The normalized spacial score (nSPS) is 14.6. The van der Waals surface area contributed by atoms with Gasteiger partial charge in [0.25, 0.3) is 0 Å². The van der Waals surface area contributed by atoms with Crippen LogP contribution in [0.4, 0.5) is 11.6 Å². The van der Waals surface area contributed by atoms with Gasteiger partial charge in [-0.05, 0) is 31.4 Å². The van der Waals surface area contributed by atoms with Crippen LogP contribution in [-0.4, -0.2) is 29.3 Å². The van der Waals surface area contributed by atoms with Crippen molar-refractivity contribution in [2.75, 3.05) is 29.7 Å². The van der Waals surface area contributed by atoms with Gasteiger partial charge in [0.15, 0.2) is 5.16 Å². The molecule has 6 heteroatoms. The number of hydrazine groups is 1. The summed E-state index contributed by atoms with van der Waals surface area (Å²) >= 11 is 1.54. The van der Waals surface area contributed by atoms with Gasteiger partial charge >= 0.3 is 0 Å². The fourth-order valence-corrected chi connectivity index (χ4v) is 2.30. The van der Waals surface area contributed by atoms with Gasteiger partial charge in [-0.2, -0.15) is 0 Å². The van der Waals surface area contributed by atoms with Crippen LogP contribution in [0.15, 0.2) is 11.2 Å². The minimum absolute atomic E-state index is 0.682. The summed E-state index contributed by atoms with van der Waals surface area (Å²) in [6.45, 7) is 4.33. The zero-order chi connectivity index (χ0) is 13.0.